The van der Waals surface area contributed by atoms with E-state index in [2.05, 4.69) is 15.5 Å². The Bertz CT molecular complexity index is 892. The molecule has 0 aliphatic heterocycles. The maximum Gasteiger partial charge on any atom is 0.255 e. The van der Waals surface area contributed by atoms with E-state index >= 15 is 0 Å². The van der Waals surface area contributed by atoms with Crippen LogP contribution in [0.5, 0.6) is 5.75 Å². The quantitative estimate of drug-likeness (QED) is 0.775. The van der Waals surface area contributed by atoms with Crippen LogP contribution < -0.4 is 10.1 Å². The van der Waals surface area contributed by atoms with Crippen LogP contribution in [-0.2, 0) is 0 Å². The van der Waals surface area contributed by atoms with Gasteiger partial charge in [0.1, 0.15) is 0 Å². The molecule has 1 N–H and O–H groups in total. The second kappa shape index (κ2) is 6.72. The first-order valence-electron chi connectivity index (χ1n) is 7.13. The molecule has 0 bridgehead atoms. The van der Waals surface area contributed by atoms with Crippen LogP contribution in [0.15, 0.2) is 46.9 Å². The Morgan fingerprint density at radius 2 is 2.00 bits per heavy atom. The van der Waals surface area contributed by atoms with Crippen LogP contribution in [0, 0.1) is 6.92 Å². The predicted molar refractivity (Wildman–Crippen MR) is 90.4 cm³/mol. The number of carbonyl (C=O) groups is 1. The molecule has 0 radical (unpaired) electrons. The fourth-order valence-corrected chi connectivity index (χ4v) is 2.47. The molecule has 24 heavy (non-hydrogen) atoms. The number of ether oxygens (including phenoxy) is 1. The minimum Gasteiger partial charge on any atom is -0.493 e. The molecular weight excluding hydrogens is 330 g/mol. The van der Waals surface area contributed by atoms with Crippen molar-refractivity contribution in [2.45, 2.75) is 6.92 Å². The number of amides is 1. The summed E-state index contributed by atoms with van der Waals surface area (Å²) in [6, 6.07) is 12.1. The third kappa shape index (κ3) is 3.23. The van der Waals surface area contributed by atoms with Gasteiger partial charge in [0.25, 0.3) is 5.91 Å². The molecule has 1 aromatic heterocycles. The first kappa shape index (κ1) is 16.0. The van der Waals surface area contributed by atoms with E-state index in [0.29, 0.717) is 39.4 Å². The van der Waals surface area contributed by atoms with Gasteiger partial charge in [0, 0.05) is 18.1 Å². The van der Waals surface area contributed by atoms with Crippen LogP contribution in [-0.4, -0.2) is 23.2 Å². The number of anilines is 1. The maximum absolute atomic E-state index is 12.5. The minimum absolute atomic E-state index is 0.298. The largest absolute Gasteiger partial charge is 0.493 e. The summed E-state index contributed by atoms with van der Waals surface area (Å²) in [5.74, 6) is 0.941. The molecule has 122 valence electrons. The van der Waals surface area contributed by atoms with Gasteiger partial charge in [-0.3, -0.25) is 4.79 Å². The van der Waals surface area contributed by atoms with Gasteiger partial charge >= 0.3 is 0 Å². The van der Waals surface area contributed by atoms with Crippen molar-refractivity contribution in [3.8, 4) is 17.2 Å². The number of benzene rings is 2. The number of nitrogens with one attached hydrogen (secondary N) is 1. The Labute approximate surface area is 143 Å². The van der Waals surface area contributed by atoms with Crippen molar-refractivity contribution in [1.82, 2.24) is 10.2 Å². The summed E-state index contributed by atoms with van der Waals surface area (Å²) in [4.78, 5) is 12.5. The molecule has 7 heteroatoms. The van der Waals surface area contributed by atoms with Gasteiger partial charge in [-0.05, 0) is 30.3 Å². The second-order valence-corrected chi connectivity index (χ2v) is 5.39. The summed E-state index contributed by atoms with van der Waals surface area (Å²) in [7, 11) is 1.50. The maximum atomic E-state index is 12.5. The molecule has 3 aromatic rings. The van der Waals surface area contributed by atoms with Gasteiger partial charge in [-0.2, -0.15) is 0 Å². The number of hydrogen-bond donors (Lipinski definition) is 1. The molecule has 0 saturated carbocycles. The molecule has 0 spiro atoms. The summed E-state index contributed by atoms with van der Waals surface area (Å²) in [5.41, 5.74) is 1.61. The number of aromatic nitrogens is 2. The lowest BCUT2D eigenvalue weighted by atomic mass is 10.1. The summed E-state index contributed by atoms with van der Waals surface area (Å²) < 4.78 is 10.6. The summed E-state index contributed by atoms with van der Waals surface area (Å²) in [6.07, 6.45) is 0. The van der Waals surface area contributed by atoms with Crippen molar-refractivity contribution < 1.29 is 13.9 Å². The fourth-order valence-electron chi connectivity index (χ4n) is 2.22. The standard InChI is InChI=1S/C17H14ClN3O3/c1-10-20-21-17(24-10)12-6-3-5-11(9-12)16(22)19-14-8-4-7-13(18)15(14)23-2/h3-9H,1-2H3,(H,19,22). The van der Waals surface area contributed by atoms with Crippen molar-refractivity contribution in [2.75, 3.05) is 12.4 Å². The average Bonchev–Trinajstić information content (AvgIpc) is 3.02. The highest BCUT2D eigenvalue weighted by atomic mass is 35.5. The zero-order valence-electron chi connectivity index (χ0n) is 13.0. The van der Waals surface area contributed by atoms with Crippen molar-refractivity contribution >= 4 is 23.2 Å². The highest BCUT2D eigenvalue weighted by molar-refractivity contribution is 6.32. The lowest BCUT2D eigenvalue weighted by Crippen LogP contribution is -2.12. The molecule has 1 amide bonds. The molecule has 0 aliphatic rings. The Morgan fingerprint density at radius 1 is 1.21 bits per heavy atom. The van der Waals surface area contributed by atoms with Crippen molar-refractivity contribution in [1.29, 1.82) is 0 Å². The van der Waals surface area contributed by atoms with E-state index in [1.54, 1.807) is 49.4 Å². The number of aryl methyl sites for hydroxylation is 1. The molecule has 0 saturated heterocycles. The second-order valence-electron chi connectivity index (χ2n) is 4.98. The number of rotatable bonds is 4. The minimum atomic E-state index is -0.298. The van der Waals surface area contributed by atoms with Gasteiger partial charge < -0.3 is 14.5 Å². The molecule has 0 unspecified atom stereocenters. The van der Waals surface area contributed by atoms with Crippen LogP contribution >= 0.6 is 11.6 Å². The number of hydrogen-bond acceptors (Lipinski definition) is 5. The third-order valence-electron chi connectivity index (χ3n) is 3.32. The highest BCUT2D eigenvalue weighted by Crippen LogP contribution is 2.32. The molecule has 2 aromatic carbocycles. The molecule has 0 aliphatic carbocycles. The Morgan fingerprint density at radius 3 is 2.71 bits per heavy atom. The summed E-state index contributed by atoms with van der Waals surface area (Å²) >= 11 is 6.06. The van der Waals surface area contributed by atoms with Gasteiger partial charge in [-0.15, -0.1) is 10.2 Å². The molecule has 6 nitrogen and oxygen atoms in total. The van der Waals surface area contributed by atoms with E-state index in [1.165, 1.54) is 7.11 Å². The number of nitrogens with zero attached hydrogens (tertiary/aromatic N) is 2. The molecular formula is C17H14ClN3O3. The SMILES string of the molecule is COc1c(Cl)cccc1NC(=O)c1cccc(-c2nnc(C)o2)c1. The zero-order chi connectivity index (χ0) is 17.1. The Hall–Kier alpha value is -2.86. The number of para-hydroxylation sites is 1. The lowest BCUT2D eigenvalue weighted by molar-refractivity contribution is 0.102. The monoisotopic (exact) mass is 343 g/mol. The van der Waals surface area contributed by atoms with Crippen LogP contribution in [0.3, 0.4) is 0 Å². The molecule has 0 fully saturated rings. The van der Waals surface area contributed by atoms with Crippen molar-refractivity contribution in [3.63, 3.8) is 0 Å². The van der Waals surface area contributed by atoms with E-state index in [0.717, 1.165) is 0 Å². The third-order valence-corrected chi connectivity index (χ3v) is 3.61. The van der Waals surface area contributed by atoms with Crippen LogP contribution in [0.25, 0.3) is 11.5 Å². The zero-order valence-corrected chi connectivity index (χ0v) is 13.8. The van der Waals surface area contributed by atoms with Crippen LogP contribution in [0.1, 0.15) is 16.2 Å². The first-order chi connectivity index (χ1) is 11.6. The Balaban J connectivity index is 1.87. The predicted octanol–water partition coefficient (Wildman–Crippen LogP) is 3.96. The van der Waals surface area contributed by atoms with Crippen molar-refractivity contribution in [2.24, 2.45) is 0 Å². The van der Waals surface area contributed by atoms with Gasteiger partial charge in [-0.25, -0.2) is 0 Å². The highest BCUT2D eigenvalue weighted by Gasteiger charge is 2.14. The topological polar surface area (TPSA) is 77.2 Å². The first-order valence-corrected chi connectivity index (χ1v) is 7.50. The van der Waals surface area contributed by atoms with E-state index < -0.39 is 0 Å². The number of methoxy groups -OCH3 is 1. The van der Waals surface area contributed by atoms with E-state index in [4.69, 9.17) is 20.8 Å². The summed E-state index contributed by atoms with van der Waals surface area (Å²) in [6.45, 7) is 1.71. The lowest BCUT2D eigenvalue weighted by Gasteiger charge is -2.11. The van der Waals surface area contributed by atoms with Crippen LogP contribution in [0.2, 0.25) is 5.02 Å². The van der Waals surface area contributed by atoms with Gasteiger partial charge in [0.15, 0.2) is 5.75 Å². The van der Waals surface area contributed by atoms with E-state index in [9.17, 15) is 4.79 Å². The molecule has 3 rings (SSSR count). The normalized spacial score (nSPS) is 10.5. The molecule has 0 atom stereocenters. The fraction of sp³-hybridized carbons (Fsp3) is 0.118. The number of carbonyl (C=O) groups excluding carboxylic acids is 1. The van der Waals surface area contributed by atoms with Gasteiger partial charge in [0.2, 0.25) is 11.8 Å². The van der Waals surface area contributed by atoms with E-state index in [1.807, 2.05) is 0 Å². The smallest absolute Gasteiger partial charge is 0.255 e. The average molecular weight is 344 g/mol. The number of halogens is 1. The van der Waals surface area contributed by atoms with Gasteiger partial charge in [-0.1, -0.05) is 23.7 Å². The van der Waals surface area contributed by atoms with Crippen LogP contribution in [0.4, 0.5) is 5.69 Å². The summed E-state index contributed by atoms with van der Waals surface area (Å²) in [5, 5.41) is 11.0. The van der Waals surface area contributed by atoms with E-state index in [-0.39, 0.29) is 5.91 Å². The Kier molecular flexibility index (Phi) is 4.48. The molecule has 1 heterocycles. The van der Waals surface area contributed by atoms with Gasteiger partial charge in [0.05, 0.1) is 17.8 Å². The van der Waals surface area contributed by atoms with Crippen molar-refractivity contribution in [3.05, 3.63) is 58.9 Å².